The van der Waals surface area contributed by atoms with Crippen LogP contribution in [0.1, 0.15) is 26.7 Å². The molecule has 1 amide bonds. The van der Waals surface area contributed by atoms with Crippen molar-refractivity contribution >= 4 is 5.91 Å². The highest BCUT2D eigenvalue weighted by molar-refractivity contribution is 5.78. The molecule has 1 aliphatic heterocycles. The van der Waals surface area contributed by atoms with Crippen molar-refractivity contribution in [1.82, 2.24) is 15.5 Å². The van der Waals surface area contributed by atoms with E-state index in [1.54, 1.807) is 0 Å². The van der Waals surface area contributed by atoms with Crippen LogP contribution in [0, 0.1) is 0 Å². The van der Waals surface area contributed by atoms with E-state index in [1.165, 1.54) is 0 Å². The van der Waals surface area contributed by atoms with Crippen LogP contribution in [0.5, 0.6) is 0 Å². The number of carbonyl (C=O) groups is 1. The van der Waals surface area contributed by atoms with Gasteiger partial charge in [0.1, 0.15) is 0 Å². The topological polar surface area (TPSA) is 53.6 Å². The molecule has 1 aliphatic rings. The Labute approximate surface area is 110 Å². The van der Waals surface area contributed by atoms with E-state index in [1.807, 2.05) is 7.05 Å². The van der Waals surface area contributed by atoms with Crippen molar-refractivity contribution in [2.45, 2.75) is 38.8 Å². The molecule has 1 fully saturated rings. The van der Waals surface area contributed by atoms with Gasteiger partial charge in [-0.05, 0) is 19.9 Å². The monoisotopic (exact) mass is 257 g/mol. The Morgan fingerprint density at radius 2 is 2.17 bits per heavy atom. The summed E-state index contributed by atoms with van der Waals surface area (Å²) < 4.78 is 5.62. The first kappa shape index (κ1) is 15.4. The molecule has 0 saturated carbocycles. The molecule has 106 valence electrons. The van der Waals surface area contributed by atoms with Gasteiger partial charge in [-0.15, -0.1) is 0 Å². The minimum absolute atomic E-state index is 0.133. The SMILES string of the molecule is CCC(CC)NC(=O)CN1CCOC(CNC)C1. The zero-order valence-corrected chi connectivity index (χ0v) is 11.9. The third-order valence-electron chi connectivity index (χ3n) is 3.37. The smallest absolute Gasteiger partial charge is 0.234 e. The Balaban J connectivity index is 2.30. The fourth-order valence-corrected chi connectivity index (χ4v) is 2.24. The first-order chi connectivity index (χ1) is 8.69. The second-order valence-corrected chi connectivity index (χ2v) is 4.87. The summed E-state index contributed by atoms with van der Waals surface area (Å²) in [6.45, 7) is 7.92. The summed E-state index contributed by atoms with van der Waals surface area (Å²) in [4.78, 5) is 14.1. The van der Waals surface area contributed by atoms with Gasteiger partial charge in [-0.3, -0.25) is 9.69 Å². The molecule has 1 saturated heterocycles. The Morgan fingerprint density at radius 1 is 1.44 bits per heavy atom. The molecule has 0 aromatic heterocycles. The molecular formula is C13H27N3O2. The first-order valence-corrected chi connectivity index (χ1v) is 6.97. The molecule has 1 atom stereocenters. The van der Waals surface area contributed by atoms with Gasteiger partial charge in [0, 0.05) is 25.7 Å². The Hall–Kier alpha value is -0.650. The molecule has 5 heteroatoms. The summed E-state index contributed by atoms with van der Waals surface area (Å²) in [7, 11) is 1.92. The lowest BCUT2D eigenvalue weighted by molar-refractivity contribution is -0.125. The van der Waals surface area contributed by atoms with Crippen LogP contribution in [0.4, 0.5) is 0 Å². The van der Waals surface area contributed by atoms with Gasteiger partial charge in [-0.25, -0.2) is 0 Å². The molecule has 1 unspecified atom stereocenters. The molecule has 0 aromatic carbocycles. The van der Waals surface area contributed by atoms with Crippen LogP contribution in [0.3, 0.4) is 0 Å². The Morgan fingerprint density at radius 3 is 2.78 bits per heavy atom. The van der Waals surface area contributed by atoms with Gasteiger partial charge >= 0.3 is 0 Å². The second kappa shape index (κ2) is 8.45. The van der Waals surface area contributed by atoms with Crippen molar-refractivity contribution in [1.29, 1.82) is 0 Å². The molecule has 18 heavy (non-hydrogen) atoms. The van der Waals surface area contributed by atoms with E-state index in [-0.39, 0.29) is 12.0 Å². The third kappa shape index (κ3) is 5.33. The summed E-state index contributed by atoms with van der Waals surface area (Å²) in [5, 5.41) is 6.18. The lowest BCUT2D eigenvalue weighted by atomic mass is 10.2. The third-order valence-corrected chi connectivity index (χ3v) is 3.37. The van der Waals surface area contributed by atoms with Crippen molar-refractivity contribution in [2.24, 2.45) is 0 Å². The Kier molecular flexibility index (Phi) is 7.23. The number of morpholine rings is 1. The van der Waals surface area contributed by atoms with Crippen LogP contribution in [-0.2, 0) is 9.53 Å². The summed E-state index contributed by atoms with van der Waals surface area (Å²) >= 11 is 0. The van der Waals surface area contributed by atoms with E-state index in [4.69, 9.17) is 4.74 Å². The van der Waals surface area contributed by atoms with Crippen molar-refractivity contribution in [3.8, 4) is 0 Å². The molecule has 0 radical (unpaired) electrons. The first-order valence-electron chi connectivity index (χ1n) is 6.97. The van der Waals surface area contributed by atoms with E-state index >= 15 is 0 Å². The van der Waals surface area contributed by atoms with Crippen molar-refractivity contribution in [3.63, 3.8) is 0 Å². The fraction of sp³-hybridized carbons (Fsp3) is 0.923. The van der Waals surface area contributed by atoms with Crippen LogP contribution in [0.2, 0.25) is 0 Å². The largest absolute Gasteiger partial charge is 0.374 e. The molecule has 0 aromatic rings. The van der Waals surface area contributed by atoms with E-state index in [9.17, 15) is 4.79 Å². The minimum atomic E-state index is 0.133. The number of hydrogen-bond donors (Lipinski definition) is 2. The van der Waals surface area contributed by atoms with Gasteiger partial charge in [-0.1, -0.05) is 13.8 Å². The maximum absolute atomic E-state index is 11.9. The summed E-state index contributed by atoms with van der Waals surface area (Å²) in [6.07, 6.45) is 2.19. The maximum atomic E-state index is 11.9. The lowest BCUT2D eigenvalue weighted by Crippen LogP contribution is -2.50. The van der Waals surface area contributed by atoms with Crippen molar-refractivity contribution in [3.05, 3.63) is 0 Å². The Bertz CT molecular complexity index is 242. The molecule has 1 rings (SSSR count). The molecular weight excluding hydrogens is 230 g/mol. The number of nitrogens with zero attached hydrogens (tertiary/aromatic N) is 1. The zero-order chi connectivity index (χ0) is 13.4. The fourth-order valence-electron chi connectivity index (χ4n) is 2.24. The molecule has 2 N–H and O–H groups in total. The molecule has 5 nitrogen and oxygen atoms in total. The van der Waals surface area contributed by atoms with Crippen LogP contribution < -0.4 is 10.6 Å². The average Bonchev–Trinajstić information content (AvgIpc) is 2.36. The number of rotatable bonds is 7. The molecule has 1 heterocycles. The van der Waals surface area contributed by atoms with Crippen LogP contribution in [-0.4, -0.2) is 62.8 Å². The molecule has 0 bridgehead atoms. The number of likely N-dealkylation sites (N-methyl/N-ethyl adjacent to an activating group) is 1. The number of ether oxygens (including phenoxy) is 1. The normalized spacial score (nSPS) is 21.2. The predicted octanol–water partition coefficient (Wildman–Crippen LogP) is 0.211. The predicted molar refractivity (Wildman–Crippen MR) is 72.6 cm³/mol. The maximum Gasteiger partial charge on any atom is 0.234 e. The summed E-state index contributed by atoms with van der Waals surface area (Å²) in [5.41, 5.74) is 0. The van der Waals surface area contributed by atoms with E-state index in [0.29, 0.717) is 19.2 Å². The number of amides is 1. The molecule has 0 aliphatic carbocycles. The van der Waals surface area contributed by atoms with Gasteiger partial charge in [0.15, 0.2) is 0 Å². The highest BCUT2D eigenvalue weighted by atomic mass is 16.5. The molecule has 0 spiro atoms. The van der Waals surface area contributed by atoms with Crippen molar-refractivity contribution < 1.29 is 9.53 Å². The standard InChI is InChI=1S/C13H27N3O2/c1-4-11(5-2)15-13(17)10-16-6-7-18-12(9-16)8-14-3/h11-12,14H,4-10H2,1-3H3,(H,15,17). The van der Waals surface area contributed by atoms with Gasteiger partial charge in [0.05, 0.1) is 19.3 Å². The number of carbonyl (C=O) groups excluding carboxylic acids is 1. The zero-order valence-electron chi connectivity index (χ0n) is 11.9. The van der Waals surface area contributed by atoms with Crippen LogP contribution in [0.15, 0.2) is 0 Å². The minimum Gasteiger partial charge on any atom is -0.374 e. The van der Waals surface area contributed by atoms with Gasteiger partial charge < -0.3 is 15.4 Å². The summed E-state index contributed by atoms with van der Waals surface area (Å²) in [6, 6.07) is 0.312. The van der Waals surface area contributed by atoms with Crippen LogP contribution >= 0.6 is 0 Å². The quantitative estimate of drug-likeness (QED) is 0.685. The van der Waals surface area contributed by atoms with E-state index in [0.717, 1.165) is 32.5 Å². The number of nitrogens with one attached hydrogen (secondary N) is 2. The van der Waals surface area contributed by atoms with Crippen LogP contribution in [0.25, 0.3) is 0 Å². The highest BCUT2D eigenvalue weighted by Gasteiger charge is 2.21. The van der Waals surface area contributed by atoms with Gasteiger partial charge in [0.2, 0.25) is 5.91 Å². The second-order valence-electron chi connectivity index (χ2n) is 4.87. The highest BCUT2D eigenvalue weighted by Crippen LogP contribution is 2.04. The van der Waals surface area contributed by atoms with E-state index < -0.39 is 0 Å². The average molecular weight is 257 g/mol. The van der Waals surface area contributed by atoms with E-state index in [2.05, 4.69) is 29.4 Å². The van der Waals surface area contributed by atoms with Crippen molar-refractivity contribution in [2.75, 3.05) is 39.8 Å². The van der Waals surface area contributed by atoms with Gasteiger partial charge in [0.25, 0.3) is 0 Å². The van der Waals surface area contributed by atoms with Gasteiger partial charge in [-0.2, -0.15) is 0 Å². The summed E-state index contributed by atoms with van der Waals surface area (Å²) in [5.74, 6) is 0.133. The number of hydrogen-bond acceptors (Lipinski definition) is 4. The lowest BCUT2D eigenvalue weighted by Gasteiger charge is -2.32.